The molecule has 0 radical (unpaired) electrons. The van der Waals surface area contributed by atoms with Crippen molar-refractivity contribution in [2.75, 3.05) is 25.1 Å². The summed E-state index contributed by atoms with van der Waals surface area (Å²) in [7, 11) is 1.57. The molecule has 1 aliphatic rings. The molecule has 0 atom stereocenters. The van der Waals surface area contributed by atoms with Crippen LogP contribution in [-0.4, -0.2) is 46.1 Å². The summed E-state index contributed by atoms with van der Waals surface area (Å²) in [6, 6.07) is 7.17. The van der Waals surface area contributed by atoms with Gasteiger partial charge >= 0.3 is 0 Å². The highest BCUT2D eigenvalue weighted by atomic mass is 35.5. The standard InChI is InChI=1S/C18H17ClFN5O3/c1-27-10-16-22-23-18(25(16)12-3-5-17(26)21-7-12)24-8-13(9-24)28-15-4-2-11(20)6-14(15)19/h2-7,13H,8-10H2,1H3,(H,21,26). The molecule has 1 aliphatic heterocycles. The van der Waals surface area contributed by atoms with Crippen molar-refractivity contribution in [1.82, 2.24) is 19.7 Å². The Bertz CT molecular complexity index is 1030. The fraction of sp³-hybridized carbons (Fsp3) is 0.278. The molecule has 0 bridgehead atoms. The molecule has 0 saturated carbocycles. The molecule has 3 heterocycles. The molecule has 4 rings (SSSR count). The number of ether oxygens (including phenoxy) is 2. The summed E-state index contributed by atoms with van der Waals surface area (Å²) in [5.41, 5.74) is 0.526. The van der Waals surface area contributed by atoms with Crippen LogP contribution in [0.1, 0.15) is 5.82 Å². The van der Waals surface area contributed by atoms with Gasteiger partial charge in [0.2, 0.25) is 11.5 Å². The van der Waals surface area contributed by atoms with Gasteiger partial charge in [0.05, 0.1) is 23.8 Å². The lowest BCUT2D eigenvalue weighted by atomic mass is 10.2. The molecule has 146 valence electrons. The number of hydrogen-bond acceptors (Lipinski definition) is 6. The van der Waals surface area contributed by atoms with Crippen molar-refractivity contribution in [1.29, 1.82) is 0 Å². The van der Waals surface area contributed by atoms with Crippen LogP contribution in [0, 0.1) is 5.82 Å². The smallest absolute Gasteiger partial charge is 0.248 e. The summed E-state index contributed by atoms with van der Waals surface area (Å²) in [6.07, 6.45) is 1.48. The third-order valence-corrected chi connectivity index (χ3v) is 4.63. The van der Waals surface area contributed by atoms with E-state index in [1.165, 1.54) is 24.3 Å². The van der Waals surface area contributed by atoms with E-state index in [9.17, 15) is 9.18 Å². The Kier molecular flexibility index (Phi) is 5.01. The van der Waals surface area contributed by atoms with Crippen LogP contribution in [0.4, 0.5) is 10.3 Å². The van der Waals surface area contributed by atoms with Crippen molar-refractivity contribution in [3.63, 3.8) is 0 Å². The fourth-order valence-corrected chi connectivity index (χ4v) is 3.18. The molecule has 0 spiro atoms. The number of H-pyrrole nitrogens is 1. The third kappa shape index (κ3) is 3.58. The zero-order valence-electron chi connectivity index (χ0n) is 14.9. The molecule has 0 aliphatic carbocycles. The second-order valence-corrected chi connectivity index (χ2v) is 6.72. The largest absolute Gasteiger partial charge is 0.485 e. The number of nitrogens with zero attached hydrogens (tertiary/aromatic N) is 4. The topological polar surface area (TPSA) is 85.3 Å². The summed E-state index contributed by atoms with van der Waals surface area (Å²) in [5.74, 6) is 1.25. The van der Waals surface area contributed by atoms with Crippen molar-refractivity contribution in [2.45, 2.75) is 12.7 Å². The SMILES string of the molecule is COCc1nnc(N2CC(Oc3ccc(F)cc3Cl)C2)n1-c1ccc(=O)[nH]c1. The summed E-state index contributed by atoms with van der Waals surface area (Å²) < 4.78 is 26.0. The molecular formula is C18H17ClFN5O3. The molecule has 1 N–H and O–H groups in total. The number of halogens is 2. The van der Waals surface area contributed by atoms with Crippen LogP contribution >= 0.6 is 11.6 Å². The van der Waals surface area contributed by atoms with Crippen molar-refractivity contribution in [3.8, 4) is 11.4 Å². The van der Waals surface area contributed by atoms with Gasteiger partial charge in [-0.3, -0.25) is 9.36 Å². The first-order valence-electron chi connectivity index (χ1n) is 8.54. The van der Waals surface area contributed by atoms with Crippen molar-refractivity contribution < 1.29 is 13.9 Å². The van der Waals surface area contributed by atoms with Crippen molar-refractivity contribution in [3.05, 3.63) is 63.5 Å². The molecule has 10 heteroatoms. The van der Waals surface area contributed by atoms with Gasteiger partial charge in [-0.1, -0.05) is 11.6 Å². The first-order chi connectivity index (χ1) is 13.5. The van der Waals surface area contributed by atoms with E-state index in [1.807, 2.05) is 9.47 Å². The molecule has 1 fully saturated rings. The number of aromatic amines is 1. The van der Waals surface area contributed by atoms with E-state index in [2.05, 4.69) is 15.2 Å². The predicted molar refractivity (Wildman–Crippen MR) is 101 cm³/mol. The van der Waals surface area contributed by atoms with E-state index in [0.29, 0.717) is 30.6 Å². The number of rotatable bonds is 6. The number of pyridine rings is 1. The first kappa shape index (κ1) is 18.5. The second-order valence-electron chi connectivity index (χ2n) is 6.32. The van der Waals surface area contributed by atoms with Crippen molar-refractivity contribution >= 4 is 17.5 Å². The Balaban J connectivity index is 1.53. The van der Waals surface area contributed by atoms with Gasteiger partial charge in [0, 0.05) is 19.4 Å². The maximum absolute atomic E-state index is 13.2. The summed E-state index contributed by atoms with van der Waals surface area (Å²) in [6.45, 7) is 1.38. The summed E-state index contributed by atoms with van der Waals surface area (Å²) >= 11 is 6.02. The Morgan fingerprint density at radius 2 is 2.11 bits per heavy atom. The first-order valence-corrected chi connectivity index (χ1v) is 8.92. The van der Waals surface area contributed by atoms with Crippen LogP contribution in [0.2, 0.25) is 5.02 Å². The molecule has 1 aromatic carbocycles. The quantitative estimate of drug-likeness (QED) is 0.676. The Labute approximate surface area is 164 Å². The predicted octanol–water partition coefficient (Wildman–Crippen LogP) is 2.16. The third-order valence-electron chi connectivity index (χ3n) is 4.33. The number of methoxy groups -OCH3 is 1. The average Bonchev–Trinajstić information content (AvgIpc) is 3.03. The monoisotopic (exact) mass is 405 g/mol. The van der Waals surface area contributed by atoms with Crippen LogP contribution in [0.25, 0.3) is 5.69 Å². The van der Waals surface area contributed by atoms with E-state index in [4.69, 9.17) is 21.1 Å². The fourth-order valence-electron chi connectivity index (χ4n) is 2.97. The van der Waals surface area contributed by atoms with E-state index in [0.717, 1.165) is 5.69 Å². The number of hydrogen-bond donors (Lipinski definition) is 1. The lowest BCUT2D eigenvalue weighted by Gasteiger charge is -2.39. The van der Waals surface area contributed by atoms with Gasteiger partial charge in [-0.05, 0) is 24.3 Å². The lowest BCUT2D eigenvalue weighted by Crippen LogP contribution is -2.55. The number of anilines is 1. The van der Waals surface area contributed by atoms with E-state index < -0.39 is 5.82 Å². The summed E-state index contributed by atoms with van der Waals surface area (Å²) in [5, 5.41) is 8.69. The van der Waals surface area contributed by atoms with Crippen LogP contribution < -0.4 is 15.2 Å². The highest BCUT2D eigenvalue weighted by Crippen LogP contribution is 2.30. The zero-order valence-corrected chi connectivity index (χ0v) is 15.7. The van der Waals surface area contributed by atoms with Crippen molar-refractivity contribution in [2.24, 2.45) is 0 Å². The minimum atomic E-state index is -0.410. The van der Waals surface area contributed by atoms with E-state index >= 15 is 0 Å². The Morgan fingerprint density at radius 1 is 1.29 bits per heavy atom. The Morgan fingerprint density at radius 3 is 2.79 bits per heavy atom. The van der Waals surface area contributed by atoms with Gasteiger partial charge in [-0.2, -0.15) is 0 Å². The summed E-state index contributed by atoms with van der Waals surface area (Å²) in [4.78, 5) is 16.0. The molecule has 2 aromatic heterocycles. The van der Waals surface area contributed by atoms with Gasteiger partial charge in [0.1, 0.15) is 24.3 Å². The maximum Gasteiger partial charge on any atom is 0.248 e. The molecule has 3 aromatic rings. The molecule has 8 nitrogen and oxygen atoms in total. The molecule has 0 unspecified atom stereocenters. The number of nitrogens with one attached hydrogen (secondary N) is 1. The highest BCUT2D eigenvalue weighted by Gasteiger charge is 2.33. The van der Waals surface area contributed by atoms with Crippen LogP contribution in [0.15, 0.2) is 41.3 Å². The highest BCUT2D eigenvalue weighted by molar-refractivity contribution is 6.32. The lowest BCUT2D eigenvalue weighted by molar-refractivity contribution is 0.165. The normalized spacial score (nSPS) is 14.2. The number of benzene rings is 1. The minimum Gasteiger partial charge on any atom is -0.485 e. The van der Waals surface area contributed by atoms with Gasteiger partial charge in [-0.15, -0.1) is 10.2 Å². The van der Waals surface area contributed by atoms with Gasteiger partial charge < -0.3 is 19.4 Å². The molecule has 1 saturated heterocycles. The number of aromatic nitrogens is 4. The second kappa shape index (κ2) is 7.61. The van der Waals surface area contributed by atoms with Crippen LogP contribution in [0.3, 0.4) is 0 Å². The molecular weight excluding hydrogens is 389 g/mol. The zero-order chi connectivity index (χ0) is 19.7. The van der Waals surface area contributed by atoms with Crippen LogP contribution in [0.5, 0.6) is 5.75 Å². The van der Waals surface area contributed by atoms with Gasteiger partial charge in [0.15, 0.2) is 5.82 Å². The van der Waals surface area contributed by atoms with E-state index in [1.54, 1.807) is 19.4 Å². The Hall–Kier alpha value is -2.91. The maximum atomic E-state index is 13.2. The van der Waals surface area contributed by atoms with E-state index in [-0.39, 0.29) is 23.3 Å². The molecule has 0 amide bonds. The molecule has 28 heavy (non-hydrogen) atoms. The van der Waals surface area contributed by atoms with Crippen LogP contribution in [-0.2, 0) is 11.3 Å². The van der Waals surface area contributed by atoms with Gasteiger partial charge in [0.25, 0.3) is 0 Å². The average molecular weight is 406 g/mol. The minimum absolute atomic E-state index is 0.116. The van der Waals surface area contributed by atoms with Gasteiger partial charge in [-0.25, -0.2) is 4.39 Å².